The summed E-state index contributed by atoms with van der Waals surface area (Å²) >= 11 is 6.68. The molecule has 0 aliphatic carbocycles. The summed E-state index contributed by atoms with van der Waals surface area (Å²) in [6, 6.07) is 4.16. The summed E-state index contributed by atoms with van der Waals surface area (Å²) < 4.78 is 0. The fourth-order valence-corrected chi connectivity index (χ4v) is 2.94. The van der Waals surface area contributed by atoms with Gasteiger partial charge in [0.25, 0.3) is 5.69 Å². The summed E-state index contributed by atoms with van der Waals surface area (Å²) in [5.74, 6) is -1.75. The number of nitrogens with zero attached hydrogens (tertiary/aromatic N) is 1. The molecule has 0 saturated heterocycles. The summed E-state index contributed by atoms with van der Waals surface area (Å²) in [4.78, 5) is 33.9. The number of carboxylic acid groups (broad SMARTS) is 1. The molecule has 7 nitrogen and oxygen atoms in total. The molecule has 0 aromatic heterocycles. The van der Waals surface area contributed by atoms with Gasteiger partial charge in [-0.1, -0.05) is 24.9 Å². The van der Waals surface area contributed by atoms with Crippen LogP contribution in [-0.4, -0.2) is 33.2 Å². The van der Waals surface area contributed by atoms with E-state index in [9.17, 15) is 24.8 Å². The van der Waals surface area contributed by atoms with Crippen LogP contribution >= 0.6 is 23.4 Å². The highest BCUT2D eigenvalue weighted by molar-refractivity contribution is 8.00. The second-order valence-corrected chi connectivity index (χ2v) is 6.55. The molecule has 0 spiro atoms. The van der Waals surface area contributed by atoms with E-state index >= 15 is 0 Å². The molecule has 0 fully saturated rings. The predicted molar refractivity (Wildman–Crippen MR) is 87.9 cm³/mol. The number of halogens is 1. The molecular formula is C14H17ClN2O5S. The first-order valence-corrected chi connectivity index (χ1v) is 8.17. The minimum atomic E-state index is -1.35. The Bertz CT molecular complexity index is 625. The first-order valence-electron chi connectivity index (χ1n) is 6.80. The topological polar surface area (TPSA) is 110 Å². The molecule has 126 valence electrons. The molecule has 0 aliphatic heterocycles. The van der Waals surface area contributed by atoms with Crippen molar-refractivity contribution in [3.05, 3.63) is 33.3 Å². The van der Waals surface area contributed by atoms with Crippen LogP contribution in [0.2, 0.25) is 5.02 Å². The zero-order chi connectivity index (χ0) is 17.6. The molecule has 1 aromatic carbocycles. The van der Waals surface area contributed by atoms with Crippen LogP contribution in [-0.2, 0) is 9.59 Å². The Kier molecular flexibility index (Phi) is 6.83. The van der Waals surface area contributed by atoms with E-state index < -0.39 is 22.3 Å². The van der Waals surface area contributed by atoms with Gasteiger partial charge in [0.15, 0.2) is 0 Å². The van der Waals surface area contributed by atoms with Gasteiger partial charge in [-0.15, -0.1) is 11.8 Å². The number of amides is 1. The van der Waals surface area contributed by atoms with Gasteiger partial charge in [-0.25, -0.2) is 4.79 Å². The lowest BCUT2D eigenvalue weighted by Crippen LogP contribution is -2.52. The Labute approximate surface area is 142 Å². The molecule has 0 saturated carbocycles. The minimum absolute atomic E-state index is 0.130. The fraction of sp³-hybridized carbons (Fsp3) is 0.429. The van der Waals surface area contributed by atoms with Crippen LogP contribution in [0.1, 0.15) is 26.7 Å². The molecule has 1 atom stereocenters. The van der Waals surface area contributed by atoms with Crippen LogP contribution in [0.25, 0.3) is 0 Å². The van der Waals surface area contributed by atoms with Crippen LogP contribution in [0.4, 0.5) is 5.69 Å². The van der Waals surface area contributed by atoms with Crippen LogP contribution in [0, 0.1) is 10.1 Å². The molecule has 0 radical (unpaired) electrons. The third kappa shape index (κ3) is 5.40. The van der Waals surface area contributed by atoms with Gasteiger partial charge in [0.1, 0.15) is 5.54 Å². The lowest BCUT2D eigenvalue weighted by Gasteiger charge is -2.25. The summed E-state index contributed by atoms with van der Waals surface area (Å²) in [7, 11) is 0. The number of carboxylic acids is 1. The van der Waals surface area contributed by atoms with Gasteiger partial charge in [-0.3, -0.25) is 14.9 Å². The van der Waals surface area contributed by atoms with Crippen LogP contribution in [0.3, 0.4) is 0 Å². The summed E-state index contributed by atoms with van der Waals surface area (Å²) in [5.41, 5.74) is -1.54. The van der Waals surface area contributed by atoms with Crippen LogP contribution in [0.15, 0.2) is 23.1 Å². The zero-order valence-corrected chi connectivity index (χ0v) is 14.2. The van der Waals surface area contributed by atoms with E-state index in [4.69, 9.17) is 11.6 Å². The van der Waals surface area contributed by atoms with Crippen molar-refractivity contribution in [2.75, 3.05) is 5.75 Å². The minimum Gasteiger partial charge on any atom is -0.480 e. The SMILES string of the molecule is CCCC(C)(NC(=O)CSc1ccc(Cl)cc1[N+](=O)[O-])C(=O)O. The maximum absolute atomic E-state index is 12.0. The Hall–Kier alpha value is -1.80. The van der Waals surface area contributed by atoms with Crippen molar-refractivity contribution in [1.82, 2.24) is 5.32 Å². The maximum atomic E-state index is 12.0. The van der Waals surface area contributed by atoms with E-state index in [1.165, 1.54) is 25.1 Å². The highest BCUT2D eigenvalue weighted by atomic mass is 35.5. The highest BCUT2D eigenvalue weighted by Crippen LogP contribution is 2.31. The monoisotopic (exact) mass is 360 g/mol. The average Bonchev–Trinajstić information content (AvgIpc) is 2.45. The number of carbonyl (C=O) groups excluding carboxylic acids is 1. The Morgan fingerprint density at radius 3 is 2.65 bits per heavy atom. The predicted octanol–water partition coefficient (Wildman–Crippen LogP) is 3.10. The van der Waals surface area contributed by atoms with Gasteiger partial charge in [0.05, 0.1) is 15.6 Å². The molecule has 0 aliphatic rings. The molecule has 1 unspecified atom stereocenters. The van der Waals surface area contributed by atoms with Crippen molar-refractivity contribution >= 4 is 40.9 Å². The van der Waals surface area contributed by atoms with Crippen molar-refractivity contribution in [2.24, 2.45) is 0 Å². The largest absolute Gasteiger partial charge is 0.480 e. The van der Waals surface area contributed by atoms with Crippen LogP contribution < -0.4 is 5.32 Å². The summed E-state index contributed by atoms with van der Waals surface area (Å²) in [6.07, 6.45) is 0.888. The molecule has 1 aromatic rings. The van der Waals surface area contributed by atoms with Crippen molar-refractivity contribution < 1.29 is 19.6 Å². The fourth-order valence-electron chi connectivity index (χ4n) is 1.97. The van der Waals surface area contributed by atoms with Gasteiger partial charge in [0, 0.05) is 11.1 Å². The van der Waals surface area contributed by atoms with E-state index in [0.29, 0.717) is 17.7 Å². The van der Waals surface area contributed by atoms with Crippen LogP contribution in [0.5, 0.6) is 0 Å². The number of nitrogens with one attached hydrogen (secondary N) is 1. The molecule has 23 heavy (non-hydrogen) atoms. The number of carbonyl (C=O) groups is 2. The van der Waals surface area contributed by atoms with E-state index in [-0.39, 0.29) is 16.5 Å². The number of hydrogen-bond acceptors (Lipinski definition) is 5. The first kappa shape index (κ1) is 19.2. The second-order valence-electron chi connectivity index (χ2n) is 5.09. The van der Waals surface area contributed by atoms with Crippen molar-refractivity contribution in [1.29, 1.82) is 0 Å². The smallest absolute Gasteiger partial charge is 0.329 e. The van der Waals surface area contributed by atoms with E-state index in [2.05, 4.69) is 5.32 Å². The summed E-state index contributed by atoms with van der Waals surface area (Å²) in [5, 5.41) is 22.9. The number of benzene rings is 1. The highest BCUT2D eigenvalue weighted by Gasteiger charge is 2.33. The first-order chi connectivity index (χ1) is 10.7. The number of nitro groups is 1. The lowest BCUT2D eigenvalue weighted by atomic mass is 9.96. The Morgan fingerprint density at radius 1 is 1.48 bits per heavy atom. The molecule has 0 bridgehead atoms. The standard InChI is InChI=1S/C14H17ClN2O5S/c1-3-6-14(2,13(19)20)16-12(18)8-23-11-5-4-9(15)7-10(11)17(21)22/h4-5,7H,3,6,8H2,1-2H3,(H,16,18)(H,19,20). The third-order valence-corrected chi connectivity index (χ3v) is 4.41. The Morgan fingerprint density at radius 2 is 2.13 bits per heavy atom. The van der Waals surface area contributed by atoms with Gasteiger partial charge >= 0.3 is 5.97 Å². The lowest BCUT2D eigenvalue weighted by molar-refractivity contribution is -0.387. The van der Waals surface area contributed by atoms with Gasteiger partial charge in [0.2, 0.25) is 5.91 Å². The molecule has 1 rings (SSSR count). The quantitative estimate of drug-likeness (QED) is 0.418. The number of nitro benzene ring substituents is 1. The normalized spacial score (nSPS) is 13.2. The van der Waals surface area contributed by atoms with Crippen molar-refractivity contribution in [3.8, 4) is 0 Å². The molecule has 9 heteroatoms. The third-order valence-electron chi connectivity index (χ3n) is 3.11. The van der Waals surface area contributed by atoms with Gasteiger partial charge < -0.3 is 10.4 Å². The number of thioether (sulfide) groups is 1. The molecule has 1 amide bonds. The number of rotatable bonds is 8. The van der Waals surface area contributed by atoms with E-state index in [1.807, 2.05) is 6.92 Å². The van der Waals surface area contributed by atoms with E-state index in [0.717, 1.165) is 11.8 Å². The molecular weight excluding hydrogens is 344 g/mol. The second kappa shape index (κ2) is 8.16. The maximum Gasteiger partial charge on any atom is 0.329 e. The number of aliphatic carboxylic acids is 1. The van der Waals surface area contributed by atoms with Crippen molar-refractivity contribution in [3.63, 3.8) is 0 Å². The Balaban J connectivity index is 2.77. The summed E-state index contributed by atoms with van der Waals surface area (Å²) in [6.45, 7) is 3.26. The van der Waals surface area contributed by atoms with Gasteiger partial charge in [-0.05, 0) is 25.5 Å². The zero-order valence-electron chi connectivity index (χ0n) is 12.7. The van der Waals surface area contributed by atoms with Gasteiger partial charge in [-0.2, -0.15) is 0 Å². The molecule has 0 heterocycles. The van der Waals surface area contributed by atoms with Crippen molar-refractivity contribution in [2.45, 2.75) is 37.1 Å². The average molecular weight is 361 g/mol. The molecule has 2 N–H and O–H groups in total. The number of hydrogen-bond donors (Lipinski definition) is 2. The van der Waals surface area contributed by atoms with E-state index in [1.54, 1.807) is 0 Å².